The Labute approximate surface area is 166 Å². The molecule has 29 heavy (non-hydrogen) atoms. The molecule has 0 amide bonds. The summed E-state index contributed by atoms with van der Waals surface area (Å²) in [6, 6.07) is 5.40. The first-order chi connectivity index (χ1) is 13.8. The van der Waals surface area contributed by atoms with Gasteiger partial charge in [-0.05, 0) is 44.0 Å². The van der Waals surface area contributed by atoms with Crippen molar-refractivity contribution in [3.63, 3.8) is 0 Å². The maximum absolute atomic E-state index is 13.1. The number of nitrogens with one attached hydrogen (secondary N) is 1. The van der Waals surface area contributed by atoms with Crippen molar-refractivity contribution >= 4 is 10.4 Å². The lowest BCUT2D eigenvalue weighted by molar-refractivity contribution is 0.282. The number of aryl methyl sites for hydroxylation is 2. The summed E-state index contributed by atoms with van der Waals surface area (Å²) in [6.07, 6.45) is 1.31. The Kier molecular flexibility index (Phi) is 4.97. The van der Waals surface area contributed by atoms with E-state index in [1.54, 1.807) is 13.8 Å². The van der Waals surface area contributed by atoms with Crippen LogP contribution < -0.4 is 5.69 Å². The molecule has 4 rings (SSSR count). The third kappa shape index (κ3) is 3.56. The average Bonchev–Trinajstić information content (AvgIpc) is 3.25. The first-order valence-corrected chi connectivity index (χ1v) is 10.6. The first kappa shape index (κ1) is 19.7. The van der Waals surface area contributed by atoms with E-state index in [-0.39, 0.29) is 23.1 Å². The number of H-pyrrole nitrogens is 1. The summed E-state index contributed by atoms with van der Waals surface area (Å²) in [6.45, 7) is 3.71. The molecule has 154 valence electrons. The SMILES string of the molecule is Cc1noc(C)c1[S+](=O)([O-])N1CCCC(c2nn(-c3ccc(F)cc3)c(=O)[nH]2)C1. The second kappa shape index (κ2) is 7.32. The van der Waals surface area contributed by atoms with Crippen LogP contribution in [0.1, 0.15) is 36.0 Å². The number of nitrogens with zero attached hydrogens (tertiary/aromatic N) is 4. The minimum absolute atomic E-state index is 0.0866. The molecule has 9 nitrogen and oxygen atoms in total. The number of hydrogen-bond acceptors (Lipinski definition) is 6. The summed E-state index contributed by atoms with van der Waals surface area (Å²) in [4.78, 5) is 15.1. The summed E-state index contributed by atoms with van der Waals surface area (Å²) >= 11 is 0. The molecule has 3 aromatic rings. The van der Waals surface area contributed by atoms with Gasteiger partial charge in [-0.25, -0.2) is 9.18 Å². The Balaban J connectivity index is 1.61. The Hall–Kier alpha value is -2.63. The van der Waals surface area contributed by atoms with Crippen LogP contribution in [0.3, 0.4) is 0 Å². The van der Waals surface area contributed by atoms with Crippen LogP contribution in [0.2, 0.25) is 0 Å². The highest BCUT2D eigenvalue weighted by molar-refractivity contribution is 7.95. The smallest absolute Gasteiger partial charge is 0.348 e. The van der Waals surface area contributed by atoms with Crippen molar-refractivity contribution in [1.82, 2.24) is 24.2 Å². The number of sulfonamides is 1. The van der Waals surface area contributed by atoms with Gasteiger partial charge in [0.25, 0.3) is 0 Å². The van der Waals surface area contributed by atoms with Gasteiger partial charge < -0.3 is 9.08 Å². The molecular formula is C18H20FN5O4S. The van der Waals surface area contributed by atoms with E-state index in [0.717, 1.165) is 4.68 Å². The van der Waals surface area contributed by atoms with Crippen molar-refractivity contribution < 1.29 is 17.7 Å². The maximum atomic E-state index is 13.1. The van der Waals surface area contributed by atoms with E-state index in [2.05, 4.69) is 15.2 Å². The highest BCUT2D eigenvalue weighted by Gasteiger charge is 2.40. The van der Waals surface area contributed by atoms with E-state index in [0.29, 0.717) is 36.6 Å². The van der Waals surface area contributed by atoms with Crippen LogP contribution in [-0.4, -0.2) is 41.9 Å². The molecule has 1 N–H and O–H groups in total. The van der Waals surface area contributed by atoms with E-state index in [1.165, 1.54) is 28.6 Å². The number of aromatic nitrogens is 4. The molecule has 0 saturated carbocycles. The summed E-state index contributed by atoms with van der Waals surface area (Å²) in [7, 11) is -3.77. The van der Waals surface area contributed by atoms with Crippen molar-refractivity contribution in [3.05, 3.63) is 57.8 Å². The third-order valence-corrected chi connectivity index (χ3v) is 7.15. The van der Waals surface area contributed by atoms with Gasteiger partial charge in [0.15, 0.2) is 16.2 Å². The highest BCUT2D eigenvalue weighted by atomic mass is 32.3. The lowest BCUT2D eigenvalue weighted by Gasteiger charge is -2.33. The molecule has 1 aliphatic heterocycles. The number of rotatable bonds is 4. The number of benzene rings is 1. The predicted molar refractivity (Wildman–Crippen MR) is 101 cm³/mol. The number of piperidine rings is 1. The molecule has 1 aliphatic rings. The van der Waals surface area contributed by atoms with Crippen LogP contribution in [0, 0.1) is 19.7 Å². The van der Waals surface area contributed by atoms with E-state index in [1.807, 2.05) is 0 Å². The van der Waals surface area contributed by atoms with Gasteiger partial charge in [0.05, 0.1) is 12.2 Å². The topological polar surface area (TPSA) is 120 Å². The zero-order valence-corrected chi connectivity index (χ0v) is 16.7. The van der Waals surface area contributed by atoms with Crippen LogP contribution in [-0.2, 0) is 14.6 Å². The van der Waals surface area contributed by atoms with Crippen molar-refractivity contribution in [1.29, 1.82) is 0 Å². The third-order valence-electron chi connectivity index (χ3n) is 5.04. The molecule has 0 radical (unpaired) electrons. The molecule has 1 fully saturated rings. The van der Waals surface area contributed by atoms with Gasteiger partial charge >= 0.3 is 5.69 Å². The van der Waals surface area contributed by atoms with E-state index in [4.69, 9.17) is 4.52 Å². The predicted octanol–water partition coefficient (Wildman–Crippen LogP) is 2.09. The van der Waals surface area contributed by atoms with Gasteiger partial charge in [-0.3, -0.25) is 4.98 Å². The lowest BCUT2D eigenvalue weighted by Crippen LogP contribution is -2.43. The van der Waals surface area contributed by atoms with Gasteiger partial charge in [0, 0.05) is 19.4 Å². The van der Waals surface area contributed by atoms with Crippen LogP contribution >= 0.6 is 0 Å². The Morgan fingerprint density at radius 3 is 2.69 bits per heavy atom. The number of aromatic amines is 1. The normalized spacial score (nSPS) is 19.9. The molecule has 2 atom stereocenters. The number of halogens is 1. The van der Waals surface area contributed by atoms with Crippen LogP contribution in [0.5, 0.6) is 0 Å². The van der Waals surface area contributed by atoms with Gasteiger partial charge in [-0.1, -0.05) is 9.37 Å². The van der Waals surface area contributed by atoms with Gasteiger partial charge in [-0.2, -0.15) is 4.68 Å². The summed E-state index contributed by atoms with van der Waals surface area (Å²) in [5.41, 5.74) is 0.283. The van der Waals surface area contributed by atoms with Crippen LogP contribution in [0.4, 0.5) is 4.39 Å². The molecule has 11 heteroatoms. The maximum Gasteiger partial charge on any atom is 0.348 e. The minimum atomic E-state index is -3.77. The minimum Gasteiger partial charge on any atom is -0.593 e. The fraction of sp³-hybridized carbons (Fsp3) is 0.389. The summed E-state index contributed by atoms with van der Waals surface area (Å²) in [5, 5.41) is 8.06. The van der Waals surface area contributed by atoms with E-state index in [9.17, 15) is 17.9 Å². The summed E-state index contributed by atoms with van der Waals surface area (Å²) in [5.74, 6) is -0.0324. The fourth-order valence-electron chi connectivity index (χ4n) is 3.64. The van der Waals surface area contributed by atoms with Crippen LogP contribution in [0.25, 0.3) is 5.69 Å². The zero-order chi connectivity index (χ0) is 20.8. The van der Waals surface area contributed by atoms with E-state index < -0.39 is 21.9 Å². The summed E-state index contributed by atoms with van der Waals surface area (Å²) < 4.78 is 46.9. The molecule has 2 aromatic heterocycles. The first-order valence-electron chi connectivity index (χ1n) is 9.15. The monoisotopic (exact) mass is 421 g/mol. The van der Waals surface area contributed by atoms with Gasteiger partial charge in [0.1, 0.15) is 17.3 Å². The molecule has 2 unspecified atom stereocenters. The number of hydrogen-bond donors (Lipinski definition) is 1. The quantitative estimate of drug-likeness (QED) is 0.644. The van der Waals surface area contributed by atoms with Gasteiger partial charge in [-0.15, -0.1) is 9.40 Å². The molecule has 3 heterocycles. The molecule has 1 saturated heterocycles. The molecule has 0 bridgehead atoms. The zero-order valence-electron chi connectivity index (χ0n) is 15.9. The Bertz CT molecular complexity index is 1120. The molecule has 1 aromatic carbocycles. The second-order valence-electron chi connectivity index (χ2n) is 7.06. The average molecular weight is 421 g/mol. The Morgan fingerprint density at radius 1 is 1.31 bits per heavy atom. The standard InChI is InChI=1S/C18H20FN5O4S/c1-11-16(12(2)28-22-11)29(26,27)23-9-3-4-13(10-23)17-20-18(25)24(21-17)15-7-5-14(19)6-8-15/h5-8,13H,3-4,9-10H2,1-2H3,(H-,20,21,25,26,27). The fourth-order valence-corrected chi connectivity index (χ4v) is 5.45. The van der Waals surface area contributed by atoms with Crippen LogP contribution in [0.15, 0.2) is 38.5 Å². The lowest BCUT2D eigenvalue weighted by atomic mass is 9.99. The van der Waals surface area contributed by atoms with Gasteiger partial charge in [0.2, 0.25) is 4.90 Å². The van der Waals surface area contributed by atoms with Crippen molar-refractivity contribution in [2.75, 3.05) is 13.1 Å². The molecule has 0 spiro atoms. The van der Waals surface area contributed by atoms with E-state index >= 15 is 0 Å². The molecular weight excluding hydrogens is 401 g/mol. The largest absolute Gasteiger partial charge is 0.593 e. The van der Waals surface area contributed by atoms with Crippen molar-refractivity contribution in [3.8, 4) is 5.69 Å². The Morgan fingerprint density at radius 2 is 2.03 bits per heavy atom. The highest BCUT2D eigenvalue weighted by Crippen LogP contribution is 2.33. The van der Waals surface area contributed by atoms with Crippen molar-refractivity contribution in [2.45, 2.75) is 37.5 Å². The van der Waals surface area contributed by atoms with Crippen molar-refractivity contribution in [2.24, 2.45) is 0 Å². The second-order valence-corrected chi connectivity index (χ2v) is 8.93. The molecule has 0 aliphatic carbocycles.